The summed E-state index contributed by atoms with van der Waals surface area (Å²) in [5, 5.41) is 18.9. The second kappa shape index (κ2) is 5.96. The van der Waals surface area contributed by atoms with Crippen molar-refractivity contribution in [2.24, 2.45) is 5.92 Å². The number of nitriles is 1. The molecule has 1 N–H and O–H groups in total. The van der Waals surface area contributed by atoms with Gasteiger partial charge in [-0.05, 0) is 36.5 Å². The summed E-state index contributed by atoms with van der Waals surface area (Å²) >= 11 is 0. The predicted octanol–water partition coefficient (Wildman–Crippen LogP) is 3.12. The van der Waals surface area contributed by atoms with Crippen molar-refractivity contribution >= 4 is 5.97 Å². The third kappa shape index (κ3) is 2.62. The van der Waals surface area contributed by atoms with Crippen LogP contribution in [0.3, 0.4) is 0 Å². The zero-order valence-corrected chi connectivity index (χ0v) is 11.6. The Bertz CT molecular complexity index is 535. The van der Waals surface area contributed by atoms with Crippen LogP contribution in [0.15, 0.2) is 24.3 Å². The number of nitrogens with zero attached hydrogens (tertiary/aromatic N) is 1. The Morgan fingerprint density at radius 3 is 3.00 bits per heavy atom. The first-order valence-electron chi connectivity index (χ1n) is 6.90. The molecule has 2 rings (SSSR count). The van der Waals surface area contributed by atoms with Crippen LogP contribution in [0, 0.1) is 17.2 Å². The number of rotatable bonds is 4. The molecule has 0 aromatic heterocycles. The number of carbonyl (C=O) groups is 1. The van der Waals surface area contributed by atoms with Gasteiger partial charge in [0, 0.05) is 0 Å². The number of aliphatic carboxylic acids is 1. The first-order valence-corrected chi connectivity index (χ1v) is 6.90. The van der Waals surface area contributed by atoms with E-state index in [1.54, 1.807) is 7.11 Å². The molecule has 4 heteroatoms. The molecule has 1 fully saturated rings. The lowest BCUT2D eigenvalue weighted by molar-refractivity contribution is -0.138. The maximum absolute atomic E-state index is 11.1. The smallest absolute Gasteiger partial charge is 0.303 e. The summed E-state index contributed by atoms with van der Waals surface area (Å²) in [5.74, 6) is -0.262. The highest BCUT2D eigenvalue weighted by Gasteiger charge is 2.43. The van der Waals surface area contributed by atoms with Crippen molar-refractivity contribution in [2.45, 2.75) is 37.5 Å². The van der Waals surface area contributed by atoms with Crippen LogP contribution in [0.4, 0.5) is 0 Å². The molecule has 1 aliphatic carbocycles. The quantitative estimate of drug-likeness (QED) is 0.915. The Labute approximate surface area is 119 Å². The number of ether oxygens (including phenoxy) is 1. The summed E-state index contributed by atoms with van der Waals surface area (Å²) in [6, 6.07) is 9.89. The second-order valence-electron chi connectivity index (χ2n) is 5.36. The van der Waals surface area contributed by atoms with Crippen molar-refractivity contribution < 1.29 is 14.6 Å². The molecular formula is C16H19NO3. The van der Waals surface area contributed by atoms with Crippen LogP contribution in [0.5, 0.6) is 5.75 Å². The highest BCUT2D eigenvalue weighted by molar-refractivity contribution is 5.67. The number of carboxylic acid groups (broad SMARTS) is 1. The first kappa shape index (κ1) is 14.4. The second-order valence-corrected chi connectivity index (χ2v) is 5.36. The molecule has 0 radical (unpaired) electrons. The van der Waals surface area contributed by atoms with Crippen molar-refractivity contribution in [3.05, 3.63) is 29.8 Å². The van der Waals surface area contributed by atoms with Crippen LogP contribution in [-0.2, 0) is 10.2 Å². The minimum absolute atomic E-state index is 0.0464. The fourth-order valence-corrected chi connectivity index (χ4v) is 3.22. The fraction of sp³-hybridized carbons (Fsp3) is 0.500. The lowest BCUT2D eigenvalue weighted by Gasteiger charge is -2.38. The average molecular weight is 273 g/mol. The zero-order chi connectivity index (χ0) is 14.6. The summed E-state index contributed by atoms with van der Waals surface area (Å²) in [5.41, 5.74) is 0.177. The molecule has 4 nitrogen and oxygen atoms in total. The van der Waals surface area contributed by atoms with Crippen LogP contribution in [0.2, 0.25) is 0 Å². The van der Waals surface area contributed by atoms with Gasteiger partial charge in [0.05, 0.1) is 25.0 Å². The van der Waals surface area contributed by atoms with Crippen LogP contribution in [0.25, 0.3) is 0 Å². The van der Waals surface area contributed by atoms with E-state index in [1.807, 2.05) is 24.3 Å². The largest absolute Gasteiger partial charge is 0.497 e. The summed E-state index contributed by atoms with van der Waals surface area (Å²) in [4.78, 5) is 11.1. The molecule has 2 unspecified atom stereocenters. The lowest BCUT2D eigenvalue weighted by atomic mass is 9.62. The summed E-state index contributed by atoms with van der Waals surface area (Å²) in [6.07, 6.45) is 3.50. The van der Waals surface area contributed by atoms with Crippen molar-refractivity contribution in [2.75, 3.05) is 7.11 Å². The molecule has 0 saturated heterocycles. The summed E-state index contributed by atoms with van der Waals surface area (Å²) in [6.45, 7) is 0. The number of hydrogen-bond acceptors (Lipinski definition) is 3. The molecule has 2 atom stereocenters. The maximum Gasteiger partial charge on any atom is 0.303 e. The van der Waals surface area contributed by atoms with Gasteiger partial charge in [-0.2, -0.15) is 5.26 Å². The molecule has 0 heterocycles. The molecule has 1 aromatic carbocycles. The molecule has 20 heavy (non-hydrogen) atoms. The van der Waals surface area contributed by atoms with Gasteiger partial charge in [-0.3, -0.25) is 4.79 Å². The van der Waals surface area contributed by atoms with Gasteiger partial charge >= 0.3 is 5.97 Å². The lowest BCUT2D eigenvalue weighted by Crippen LogP contribution is -2.38. The van der Waals surface area contributed by atoms with Crippen molar-refractivity contribution in [1.29, 1.82) is 5.26 Å². The summed E-state index contributed by atoms with van der Waals surface area (Å²) in [7, 11) is 1.59. The van der Waals surface area contributed by atoms with Gasteiger partial charge in [-0.15, -0.1) is 0 Å². The van der Waals surface area contributed by atoms with Crippen LogP contribution in [0.1, 0.15) is 37.7 Å². The van der Waals surface area contributed by atoms with Crippen LogP contribution in [-0.4, -0.2) is 18.2 Å². The molecule has 1 aromatic rings. The van der Waals surface area contributed by atoms with Gasteiger partial charge in [0.1, 0.15) is 5.75 Å². The number of carboxylic acids is 1. The molecule has 1 saturated carbocycles. The van der Waals surface area contributed by atoms with Gasteiger partial charge < -0.3 is 9.84 Å². The third-order valence-corrected chi connectivity index (χ3v) is 4.28. The molecule has 0 spiro atoms. The Morgan fingerprint density at radius 2 is 2.35 bits per heavy atom. The van der Waals surface area contributed by atoms with E-state index in [1.165, 1.54) is 0 Å². The number of hydrogen-bond donors (Lipinski definition) is 1. The van der Waals surface area contributed by atoms with Gasteiger partial charge in [0.2, 0.25) is 0 Å². The standard InChI is InChI=1S/C16H19NO3/c1-20-14-7-4-6-12(9-14)16(11-17)8-3-2-5-13(16)10-15(18)19/h4,6-7,9,13H,2-3,5,8,10H2,1H3,(H,18,19). The van der Waals surface area contributed by atoms with Gasteiger partial charge in [-0.1, -0.05) is 25.0 Å². The Kier molecular flexibility index (Phi) is 4.29. The monoisotopic (exact) mass is 273 g/mol. The van der Waals surface area contributed by atoms with Crippen LogP contribution >= 0.6 is 0 Å². The Balaban J connectivity index is 2.43. The van der Waals surface area contributed by atoms with E-state index in [0.29, 0.717) is 12.2 Å². The SMILES string of the molecule is COc1cccc(C2(C#N)CCCCC2CC(=O)O)c1. The van der Waals surface area contributed by atoms with Crippen molar-refractivity contribution in [3.8, 4) is 11.8 Å². The van der Waals surface area contributed by atoms with E-state index in [9.17, 15) is 10.1 Å². The van der Waals surface area contributed by atoms with Crippen LogP contribution < -0.4 is 4.74 Å². The average Bonchev–Trinajstić information content (AvgIpc) is 2.47. The number of benzene rings is 1. The number of methoxy groups -OCH3 is 1. The normalized spacial score (nSPS) is 25.7. The highest BCUT2D eigenvalue weighted by atomic mass is 16.5. The Morgan fingerprint density at radius 1 is 1.55 bits per heavy atom. The van der Waals surface area contributed by atoms with Crippen molar-refractivity contribution in [3.63, 3.8) is 0 Å². The van der Waals surface area contributed by atoms with Gasteiger partial charge in [0.25, 0.3) is 0 Å². The predicted molar refractivity (Wildman–Crippen MR) is 74.5 cm³/mol. The van der Waals surface area contributed by atoms with E-state index >= 15 is 0 Å². The molecule has 106 valence electrons. The third-order valence-electron chi connectivity index (χ3n) is 4.28. The van der Waals surface area contributed by atoms with E-state index < -0.39 is 11.4 Å². The Hall–Kier alpha value is -2.02. The molecule has 0 bridgehead atoms. The molecule has 1 aliphatic rings. The maximum atomic E-state index is 11.1. The zero-order valence-electron chi connectivity index (χ0n) is 11.6. The minimum Gasteiger partial charge on any atom is -0.497 e. The topological polar surface area (TPSA) is 70.3 Å². The summed E-state index contributed by atoms with van der Waals surface area (Å²) < 4.78 is 5.23. The van der Waals surface area contributed by atoms with E-state index in [2.05, 4.69) is 6.07 Å². The van der Waals surface area contributed by atoms with E-state index in [0.717, 1.165) is 24.8 Å². The van der Waals surface area contributed by atoms with E-state index in [-0.39, 0.29) is 12.3 Å². The fourth-order valence-electron chi connectivity index (χ4n) is 3.22. The minimum atomic E-state index is -0.834. The molecule has 0 aliphatic heterocycles. The first-order chi connectivity index (χ1) is 9.62. The van der Waals surface area contributed by atoms with Gasteiger partial charge in [0.15, 0.2) is 0 Å². The van der Waals surface area contributed by atoms with E-state index in [4.69, 9.17) is 9.84 Å². The molecule has 0 amide bonds. The molecular weight excluding hydrogens is 254 g/mol. The van der Waals surface area contributed by atoms with Gasteiger partial charge in [-0.25, -0.2) is 0 Å². The van der Waals surface area contributed by atoms with Crippen molar-refractivity contribution in [1.82, 2.24) is 0 Å². The highest BCUT2D eigenvalue weighted by Crippen LogP contribution is 2.45.